The predicted molar refractivity (Wildman–Crippen MR) is 102 cm³/mol. The fourth-order valence-corrected chi connectivity index (χ4v) is 5.06. The lowest BCUT2D eigenvalue weighted by atomic mass is 10.1. The molecule has 1 aliphatic rings. The van der Waals surface area contributed by atoms with Crippen molar-refractivity contribution in [3.05, 3.63) is 41.3 Å². The van der Waals surface area contributed by atoms with Gasteiger partial charge in [0.2, 0.25) is 0 Å². The molecule has 1 aromatic carbocycles. The van der Waals surface area contributed by atoms with Crippen LogP contribution in [0.2, 0.25) is 0 Å². The molecule has 26 heavy (non-hydrogen) atoms. The first-order chi connectivity index (χ1) is 12.5. The lowest BCUT2D eigenvalue weighted by Gasteiger charge is -2.25. The fraction of sp³-hybridized carbons (Fsp3) is 0.389. The summed E-state index contributed by atoms with van der Waals surface area (Å²) >= 11 is 1.11. The quantitative estimate of drug-likeness (QED) is 0.828. The Morgan fingerprint density at radius 2 is 1.77 bits per heavy atom. The van der Waals surface area contributed by atoms with E-state index >= 15 is 0 Å². The van der Waals surface area contributed by atoms with E-state index in [4.69, 9.17) is 0 Å². The lowest BCUT2D eigenvalue weighted by Crippen LogP contribution is -2.33. The number of sulfonamides is 1. The molecule has 1 amide bonds. The number of amides is 1. The number of phenolic OH excluding ortho intramolecular Hbond substituents is 1. The first kappa shape index (κ1) is 18.7. The van der Waals surface area contributed by atoms with Gasteiger partial charge in [0, 0.05) is 19.2 Å². The van der Waals surface area contributed by atoms with Gasteiger partial charge in [-0.1, -0.05) is 25.3 Å². The molecule has 2 heterocycles. The normalized spacial score (nSPS) is 15.9. The third-order valence-electron chi connectivity index (χ3n) is 4.38. The van der Waals surface area contributed by atoms with Crippen LogP contribution in [0.15, 0.2) is 39.9 Å². The number of carbonyl (C=O) groups is 1. The van der Waals surface area contributed by atoms with Gasteiger partial charge in [-0.05, 0) is 36.4 Å². The molecule has 0 bridgehead atoms. The number of benzene rings is 1. The van der Waals surface area contributed by atoms with Gasteiger partial charge in [0.05, 0.1) is 11.3 Å². The molecule has 0 unspecified atom stereocenters. The van der Waals surface area contributed by atoms with Crippen LogP contribution >= 0.6 is 11.3 Å². The number of carbonyl (C=O) groups excluding carboxylic acids is 1. The monoisotopic (exact) mass is 394 g/mol. The predicted octanol–water partition coefficient (Wildman–Crippen LogP) is 3.66. The Balaban J connectivity index is 1.75. The highest BCUT2D eigenvalue weighted by Crippen LogP contribution is 2.27. The van der Waals surface area contributed by atoms with Crippen LogP contribution in [-0.2, 0) is 10.0 Å². The maximum Gasteiger partial charge on any atom is 0.271 e. The number of aromatic hydroxyl groups is 1. The zero-order chi connectivity index (χ0) is 18.6. The first-order valence-electron chi connectivity index (χ1n) is 8.66. The highest BCUT2D eigenvalue weighted by atomic mass is 32.2. The number of nitrogens with one attached hydrogen (secondary N) is 1. The summed E-state index contributed by atoms with van der Waals surface area (Å²) < 4.78 is 27.1. The molecular weight excluding hydrogens is 372 g/mol. The van der Waals surface area contributed by atoms with Crippen molar-refractivity contribution in [2.24, 2.45) is 0 Å². The molecule has 0 radical (unpaired) electrons. The van der Waals surface area contributed by atoms with Crippen LogP contribution in [0.5, 0.6) is 5.75 Å². The average Bonchev–Trinajstić information content (AvgIpc) is 3.09. The number of phenols is 1. The molecule has 0 atom stereocenters. The second kappa shape index (κ2) is 8.09. The van der Waals surface area contributed by atoms with Crippen LogP contribution in [0, 0.1) is 0 Å². The molecular formula is C18H22N2O4S2. The van der Waals surface area contributed by atoms with Gasteiger partial charge in [-0.25, -0.2) is 8.42 Å². The summed E-state index contributed by atoms with van der Waals surface area (Å²) in [7, 11) is -3.69. The van der Waals surface area contributed by atoms with Crippen LogP contribution in [0.1, 0.15) is 42.5 Å². The molecule has 1 aliphatic heterocycles. The average molecular weight is 395 g/mol. The Hall–Kier alpha value is -2.06. The Morgan fingerprint density at radius 1 is 1.08 bits per heavy atom. The molecule has 6 nitrogen and oxygen atoms in total. The summed E-state index contributed by atoms with van der Waals surface area (Å²) in [4.78, 5) is 14.5. The number of likely N-dealkylation sites (tertiary alicyclic amines) is 1. The van der Waals surface area contributed by atoms with Crippen LogP contribution in [-0.4, -0.2) is 37.4 Å². The zero-order valence-electron chi connectivity index (χ0n) is 14.3. The summed E-state index contributed by atoms with van der Waals surface area (Å²) in [5.41, 5.74) is 0.421. The minimum Gasteiger partial charge on any atom is -0.507 e. The standard InChI is InChI=1S/C18H22N2O4S2/c21-16-13-14(19-26(23,24)17-7-6-12-25-17)8-9-15(16)18(22)20-10-4-2-1-3-5-11-20/h6-9,12-13,19,21H,1-5,10-11H2. The van der Waals surface area contributed by atoms with Crippen molar-refractivity contribution in [2.75, 3.05) is 17.8 Å². The van der Waals surface area contributed by atoms with Gasteiger partial charge in [0.25, 0.3) is 15.9 Å². The van der Waals surface area contributed by atoms with Crippen molar-refractivity contribution in [3.8, 4) is 5.75 Å². The molecule has 2 aromatic rings. The number of hydrogen-bond donors (Lipinski definition) is 2. The van der Waals surface area contributed by atoms with E-state index in [1.54, 1.807) is 16.3 Å². The number of hydrogen-bond acceptors (Lipinski definition) is 5. The fourth-order valence-electron chi connectivity index (χ4n) is 3.02. The molecule has 3 rings (SSSR count). The second-order valence-corrected chi connectivity index (χ2v) is 9.19. The number of thiophene rings is 1. The van der Waals surface area contributed by atoms with E-state index in [1.807, 2.05) is 0 Å². The van der Waals surface area contributed by atoms with Gasteiger partial charge in [0.15, 0.2) is 0 Å². The van der Waals surface area contributed by atoms with E-state index in [1.165, 1.54) is 30.7 Å². The van der Waals surface area contributed by atoms with Gasteiger partial charge in [-0.2, -0.15) is 0 Å². The molecule has 140 valence electrons. The Kier molecular flexibility index (Phi) is 5.83. The Bertz CT molecular complexity index is 855. The van der Waals surface area contributed by atoms with E-state index in [0.29, 0.717) is 13.1 Å². The second-order valence-electron chi connectivity index (χ2n) is 6.33. The molecule has 2 N–H and O–H groups in total. The molecule has 0 spiro atoms. The van der Waals surface area contributed by atoms with Crippen molar-refractivity contribution >= 4 is 33.0 Å². The molecule has 0 saturated carbocycles. The van der Waals surface area contributed by atoms with E-state index in [9.17, 15) is 18.3 Å². The highest BCUT2D eigenvalue weighted by molar-refractivity contribution is 7.94. The van der Waals surface area contributed by atoms with E-state index in [-0.39, 0.29) is 27.1 Å². The molecule has 1 saturated heterocycles. The topological polar surface area (TPSA) is 86.7 Å². The third-order valence-corrected chi connectivity index (χ3v) is 7.16. The third kappa shape index (κ3) is 4.37. The summed E-state index contributed by atoms with van der Waals surface area (Å²) in [6.07, 6.45) is 5.35. The smallest absolute Gasteiger partial charge is 0.271 e. The van der Waals surface area contributed by atoms with Gasteiger partial charge >= 0.3 is 0 Å². The zero-order valence-corrected chi connectivity index (χ0v) is 16.0. The van der Waals surface area contributed by atoms with E-state index < -0.39 is 10.0 Å². The lowest BCUT2D eigenvalue weighted by molar-refractivity contribution is 0.0739. The summed E-state index contributed by atoms with van der Waals surface area (Å²) in [6, 6.07) is 7.42. The highest BCUT2D eigenvalue weighted by Gasteiger charge is 2.21. The maximum atomic E-state index is 12.7. The molecule has 0 aliphatic carbocycles. The molecule has 1 fully saturated rings. The van der Waals surface area contributed by atoms with Crippen molar-refractivity contribution < 1.29 is 18.3 Å². The van der Waals surface area contributed by atoms with E-state index in [2.05, 4.69) is 4.72 Å². The molecule has 8 heteroatoms. The summed E-state index contributed by atoms with van der Waals surface area (Å²) in [5, 5.41) is 11.9. The van der Waals surface area contributed by atoms with Gasteiger partial charge in [0.1, 0.15) is 9.96 Å². The molecule has 1 aromatic heterocycles. The van der Waals surface area contributed by atoms with Crippen LogP contribution < -0.4 is 4.72 Å². The Labute approximate surface area is 157 Å². The number of nitrogens with zero attached hydrogens (tertiary/aromatic N) is 1. The number of rotatable bonds is 4. The van der Waals surface area contributed by atoms with Crippen LogP contribution in [0.3, 0.4) is 0 Å². The summed E-state index contributed by atoms with van der Waals surface area (Å²) in [6.45, 7) is 1.37. The minimum absolute atomic E-state index is 0.192. The number of anilines is 1. The minimum atomic E-state index is -3.69. The first-order valence-corrected chi connectivity index (χ1v) is 11.0. The van der Waals surface area contributed by atoms with Crippen molar-refractivity contribution in [3.63, 3.8) is 0 Å². The van der Waals surface area contributed by atoms with Gasteiger partial charge < -0.3 is 10.0 Å². The van der Waals surface area contributed by atoms with E-state index in [0.717, 1.165) is 37.0 Å². The SMILES string of the molecule is O=C(c1ccc(NS(=O)(=O)c2cccs2)cc1O)N1CCCCCCC1. The van der Waals surface area contributed by atoms with Crippen molar-refractivity contribution in [1.29, 1.82) is 0 Å². The summed E-state index contributed by atoms with van der Waals surface area (Å²) in [5.74, 6) is -0.430. The van der Waals surface area contributed by atoms with Crippen molar-refractivity contribution in [2.45, 2.75) is 36.3 Å². The largest absolute Gasteiger partial charge is 0.507 e. The Morgan fingerprint density at radius 3 is 2.38 bits per heavy atom. The van der Waals surface area contributed by atoms with Crippen molar-refractivity contribution in [1.82, 2.24) is 4.90 Å². The maximum absolute atomic E-state index is 12.7. The van der Waals surface area contributed by atoms with Crippen LogP contribution in [0.25, 0.3) is 0 Å². The van der Waals surface area contributed by atoms with Crippen LogP contribution in [0.4, 0.5) is 5.69 Å². The van der Waals surface area contributed by atoms with Gasteiger partial charge in [-0.3, -0.25) is 9.52 Å². The van der Waals surface area contributed by atoms with Gasteiger partial charge in [-0.15, -0.1) is 11.3 Å².